The molecule has 8 heteroatoms. The first-order valence-electron chi connectivity index (χ1n) is 9.95. The van der Waals surface area contributed by atoms with Crippen LogP contribution >= 0.6 is 0 Å². The largest absolute Gasteiger partial charge is 0.305 e. The van der Waals surface area contributed by atoms with Gasteiger partial charge in [0.1, 0.15) is 17.3 Å². The summed E-state index contributed by atoms with van der Waals surface area (Å²) < 4.78 is 16.2. The van der Waals surface area contributed by atoms with Gasteiger partial charge in [0.25, 0.3) is 11.5 Å². The molecule has 3 rings (SSSR count). The van der Waals surface area contributed by atoms with Gasteiger partial charge in [0.15, 0.2) is 0 Å². The maximum absolute atomic E-state index is 13.4. The molecule has 0 fully saturated rings. The van der Waals surface area contributed by atoms with Gasteiger partial charge in [-0.15, -0.1) is 0 Å². The van der Waals surface area contributed by atoms with E-state index >= 15 is 0 Å². The van der Waals surface area contributed by atoms with Gasteiger partial charge >= 0.3 is 0 Å². The lowest BCUT2D eigenvalue weighted by Gasteiger charge is -2.14. The topological polar surface area (TPSA) is 81.8 Å². The zero-order valence-electron chi connectivity index (χ0n) is 17.6. The number of carbonyl (C=O) groups is 1. The minimum Gasteiger partial charge on any atom is -0.305 e. The molecule has 1 aromatic carbocycles. The van der Waals surface area contributed by atoms with Gasteiger partial charge in [-0.1, -0.05) is 34.1 Å². The van der Waals surface area contributed by atoms with Crippen LogP contribution < -0.4 is 10.9 Å². The van der Waals surface area contributed by atoms with Crippen molar-refractivity contribution in [2.75, 3.05) is 5.32 Å². The first kappa shape index (κ1) is 21.4. The molecular formula is C22H26FN5O2. The van der Waals surface area contributed by atoms with Crippen LogP contribution in [0.1, 0.15) is 56.7 Å². The Morgan fingerprint density at radius 3 is 2.43 bits per heavy atom. The van der Waals surface area contributed by atoms with Gasteiger partial charge in [-0.2, -0.15) is 10.2 Å². The molecule has 30 heavy (non-hydrogen) atoms. The number of amides is 1. The molecule has 1 N–H and O–H groups in total. The normalized spacial score (nSPS) is 11.5. The second kappa shape index (κ2) is 8.61. The third-order valence-corrected chi connectivity index (χ3v) is 4.61. The summed E-state index contributed by atoms with van der Waals surface area (Å²) in [5.41, 5.74) is 1.02. The number of unbranched alkanes of at least 4 members (excludes halogenated alkanes) is 1. The van der Waals surface area contributed by atoms with E-state index in [0.29, 0.717) is 18.1 Å². The number of rotatable bonds is 6. The predicted octanol–water partition coefficient (Wildman–Crippen LogP) is 3.92. The second-order valence-electron chi connectivity index (χ2n) is 8.14. The molecule has 0 aliphatic rings. The van der Waals surface area contributed by atoms with Crippen LogP contribution in [0.3, 0.4) is 0 Å². The third-order valence-electron chi connectivity index (χ3n) is 4.61. The first-order valence-corrected chi connectivity index (χ1v) is 9.95. The number of aryl methyl sites for hydroxylation is 1. The van der Waals surface area contributed by atoms with Crippen molar-refractivity contribution in [1.82, 2.24) is 19.6 Å². The molecule has 3 aromatic rings. The lowest BCUT2D eigenvalue weighted by Crippen LogP contribution is -2.26. The Morgan fingerprint density at radius 2 is 1.80 bits per heavy atom. The fraction of sp³-hybridized carbons (Fsp3) is 0.364. The summed E-state index contributed by atoms with van der Waals surface area (Å²) in [6, 6.07) is 10.4. The quantitative estimate of drug-likeness (QED) is 0.667. The van der Waals surface area contributed by atoms with Gasteiger partial charge in [-0.25, -0.2) is 13.8 Å². The van der Waals surface area contributed by atoms with E-state index < -0.39 is 5.91 Å². The number of hydrogen-bond donors (Lipinski definition) is 1. The number of halogens is 1. The van der Waals surface area contributed by atoms with E-state index in [1.165, 1.54) is 28.9 Å². The SMILES string of the molecule is CCCCn1nc(C(=O)Nc2cc(C(C)(C)C)nn2-c2ccc(F)cc2)ccc1=O. The van der Waals surface area contributed by atoms with E-state index in [2.05, 4.69) is 15.5 Å². The predicted molar refractivity (Wildman–Crippen MR) is 114 cm³/mol. The highest BCUT2D eigenvalue weighted by Crippen LogP contribution is 2.26. The number of anilines is 1. The minimum absolute atomic E-state index is 0.134. The highest BCUT2D eigenvalue weighted by atomic mass is 19.1. The van der Waals surface area contributed by atoms with Gasteiger partial charge < -0.3 is 5.32 Å². The fourth-order valence-electron chi connectivity index (χ4n) is 2.83. The van der Waals surface area contributed by atoms with Crippen LogP contribution in [0.25, 0.3) is 5.69 Å². The van der Waals surface area contributed by atoms with Crippen molar-refractivity contribution in [3.8, 4) is 5.69 Å². The molecule has 1 amide bonds. The van der Waals surface area contributed by atoms with Crippen molar-refractivity contribution < 1.29 is 9.18 Å². The highest BCUT2D eigenvalue weighted by molar-refractivity contribution is 6.02. The van der Waals surface area contributed by atoms with Crippen molar-refractivity contribution in [2.45, 2.75) is 52.5 Å². The van der Waals surface area contributed by atoms with Gasteiger partial charge in [0.05, 0.1) is 11.4 Å². The molecule has 0 saturated carbocycles. The summed E-state index contributed by atoms with van der Waals surface area (Å²) in [5.74, 6) is -0.375. The summed E-state index contributed by atoms with van der Waals surface area (Å²) in [5, 5.41) is 11.6. The van der Waals surface area contributed by atoms with E-state index in [1.54, 1.807) is 22.9 Å². The van der Waals surface area contributed by atoms with Crippen molar-refractivity contribution in [1.29, 1.82) is 0 Å². The standard InChI is InChI=1S/C22H26FN5O2/c1-5-6-13-27-20(29)12-11-17(25-27)21(30)24-19-14-18(22(2,3)4)26-28(19)16-9-7-15(23)8-10-16/h7-12,14H,5-6,13H2,1-4H3,(H,24,30). The zero-order valence-corrected chi connectivity index (χ0v) is 17.6. The smallest absolute Gasteiger partial charge is 0.277 e. The van der Waals surface area contributed by atoms with Crippen LogP contribution in [0.2, 0.25) is 0 Å². The van der Waals surface area contributed by atoms with Crippen molar-refractivity contribution in [2.24, 2.45) is 0 Å². The van der Waals surface area contributed by atoms with Crippen molar-refractivity contribution >= 4 is 11.7 Å². The Kier molecular flexibility index (Phi) is 6.14. The molecule has 0 aliphatic heterocycles. The molecule has 2 aromatic heterocycles. The summed E-state index contributed by atoms with van der Waals surface area (Å²) in [7, 11) is 0. The molecule has 0 bridgehead atoms. The van der Waals surface area contributed by atoms with Gasteiger partial charge in [0, 0.05) is 24.1 Å². The van der Waals surface area contributed by atoms with Gasteiger partial charge in [-0.3, -0.25) is 9.59 Å². The number of aromatic nitrogens is 4. The maximum Gasteiger partial charge on any atom is 0.277 e. The average Bonchev–Trinajstić information content (AvgIpc) is 3.12. The molecule has 7 nitrogen and oxygen atoms in total. The fourth-order valence-corrected chi connectivity index (χ4v) is 2.83. The lowest BCUT2D eigenvalue weighted by atomic mass is 9.92. The molecule has 2 heterocycles. The zero-order chi connectivity index (χ0) is 21.9. The Labute approximate surface area is 174 Å². The summed E-state index contributed by atoms with van der Waals surface area (Å²) in [6.45, 7) is 8.52. The third kappa shape index (κ3) is 4.82. The number of nitrogens with zero attached hydrogens (tertiary/aromatic N) is 4. The van der Waals surface area contributed by atoms with E-state index in [0.717, 1.165) is 18.5 Å². The second-order valence-corrected chi connectivity index (χ2v) is 8.14. The molecule has 158 valence electrons. The van der Waals surface area contributed by atoms with E-state index in [1.807, 2.05) is 27.7 Å². The van der Waals surface area contributed by atoms with E-state index in [-0.39, 0.29) is 22.5 Å². The van der Waals surface area contributed by atoms with E-state index in [4.69, 9.17) is 0 Å². The molecule has 0 unspecified atom stereocenters. The Morgan fingerprint density at radius 1 is 1.10 bits per heavy atom. The number of hydrogen-bond acceptors (Lipinski definition) is 4. The Hall–Kier alpha value is -3.29. The number of carbonyl (C=O) groups excluding carboxylic acids is 1. The average molecular weight is 411 g/mol. The van der Waals surface area contributed by atoms with Crippen LogP contribution in [0.15, 0.2) is 47.3 Å². The summed E-state index contributed by atoms with van der Waals surface area (Å²) in [4.78, 5) is 24.8. The van der Waals surface area contributed by atoms with Crippen LogP contribution in [0, 0.1) is 5.82 Å². The molecule has 0 radical (unpaired) electrons. The first-order chi connectivity index (χ1) is 14.2. The summed E-state index contributed by atoms with van der Waals surface area (Å²) in [6.07, 6.45) is 1.71. The molecule has 0 spiro atoms. The number of benzene rings is 1. The monoisotopic (exact) mass is 411 g/mol. The van der Waals surface area contributed by atoms with Gasteiger partial charge in [-0.05, 0) is 36.8 Å². The van der Waals surface area contributed by atoms with E-state index in [9.17, 15) is 14.0 Å². The van der Waals surface area contributed by atoms with Crippen molar-refractivity contribution in [3.63, 3.8) is 0 Å². The minimum atomic E-state index is -0.455. The Balaban J connectivity index is 1.95. The molecule has 0 saturated heterocycles. The molecule has 0 atom stereocenters. The van der Waals surface area contributed by atoms with Crippen LogP contribution in [-0.2, 0) is 12.0 Å². The summed E-state index contributed by atoms with van der Waals surface area (Å²) >= 11 is 0. The van der Waals surface area contributed by atoms with Crippen LogP contribution in [-0.4, -0.2) is 25.5 Å². The van der Waals surface area contributed by atoms with Crippen molar-refractivity contribution in [3.05, 3.63) is 70.0 Å². The molecular weight excluding hydrogens is 385 g/mol. The van der Waals surface area contributed by atoms with Crippen LogP contribution in [0.4, 0.5) is 10.2 Å². The van der Waals surface area contributed by atoms with Gasteiger partial charge in [0.2, 0.25) is 0 Å². The lowest BCUT2D eigenvalue weighted by molar-refractivity contribution is 0.101. The van der Waals surface area contributed by atoms with Crippen LogP contribution in [0.5, 0.6) is 0 Å². The maximum atomic E-state index is 13.4. The molecule has 0 aliphatic carbocycles. The Bertz CT molecular complexity index is 1090. The highest BCUT2D eigenvalue weighted by Gasteiger charge is 2.22. The number of nitrogens with one attached hydrogen (secondary N) is 1.